The van der Waals surface area contributed by atoms with E-state index < -0.39 is 23.3 Å². The number of methoxy groups -OCH3 is 1. The van der Waals surface area contributed by atoms with Gasteiger partial charge in [-0.2, -0.15) is 0 Å². The quantitative estimate of drug-likeness (QED) is 0.901. The van der Waals surface area contributed by atoms with E-state index >= 15 is 0 Å². The molecule has 1 aromatic carbocycles. The summed E-state index contributed by atoms with van der Waals surface area (Å²) in [5.74, 6) is -1.91. The first kappa shape index (κ1) is 16.7. The van der Waals surface area contributed by atoms with Crippen LogP contribution in [0.4, 0.5) is 14.9 Å². The number of nitrogens with zero attached hydrogens (tertiary/aromatic N) is 1. The van der Waals surface area contributed by atoms with Gasteiger partial charge in [-0.15, -0.1) is 0 Å². The Kier molecular flexibility index (Phi) is 5.13. The molecule has 0 saturated carbocycles. The van der Waals surface area contributed by atoms with E-state index in [0.717, 1.165) is 6.07 Å². The molecule has 2 rings (SSSR count). The van der Waals surface area contributed by atoms with Crippen LogP contribution in [0.25, 0.3) is 0 Å². The molecule has 1 aromatic heterocycles. The standard InChI is InChI=1S/C15H13ClFN3O3/c1-8-11(4-3-5-18-8)19-15(22)20-14(21)13-10(17)6-9(16)7-12(13)23-2/h3-7H,1-2H3,(H2,19,20,21,22). The van der Waals surface area contributed by atoms with Gasteiger partial charge in [0.2, 0.25) is 0 Å². The van der Waals surface area contributed by atoms with Crippen molar-refractivity contribution in [3.05, 3.63) is 52.6 Å². The van der Waals surface area contributed by atoms with Gasteiger partial charge < -0.3 is 10.1 Å². The zero-order chi connectivity index (χ0) is 17.0. The van der Waals surface area contributed by atoms with E-state index in [-0.39, 0.29) is 10.8 Å². The summed E-state index contributed by atoms with van der Waals surface area (Å²) >= 11 is 5.70. The van der Waals surface area contributed by atoms with Crippen molar-refractivity contribution in [3.8, 4) is 5.75 Å². The van der Waals surface area contributed by atoms with Crippen molar-refractivity contribution < 1.29 is 18.7 Å². The van der Waals surface area contributed by atoms with Gasteiger partial charge in [0.25, 0.3) is 5.91 Å². The number of carbonyl (C=O) groups is 2. The van der Waals surface area contributed by atoms with Crippen molar-refractivity contribution in [1.82, 2.24) is 10.3 Å². The molecule has 2 N–H and O–H groups in total. The molecule has 3 amide bonds. The lowest BCUT2D eigenvalue weighted by Crippen LogP contribution is -2.35. The number of rotatable bonds is 3. The van der Waals surface area contributed by atoms with Crippen molar-refractivity contribution in [2.75, 3.05) is 12.4 Å². The number of carbonyl (C=O) groups excluding carboxylic acids is 2. The Balaban J connectivity index is 2.16. The Labute approximate surface area is 136 Å². The lowest BCUT2D eigenvalue weighted by Gasteiger charge is -2.11. The Morgan fingerprint density at radius 1 is 1.35 bits per heavy atom. The van der Waals surface area contributed by atoms with Crippen LogP contribution in [0.1, 0.15) is 16.1 Å². The maximum Gasteiger partial charge on any atom is 0.326 e. The Morgan fingerprint density at radius 2 is 2.09 bits per heavy atom. The minimum absolute atomic E-state index is 0.0714. The maximum atomic E-state index is 13.9. The van der Waals surface area contributed by atoms with Crippen LogP contribution < -0.4 is 15.4 Å². The van der Waals surface area contributed by atoms with Crippen LogP contribution in [-0.2, 0) is 0 Å². The van der Waals surface area contributed by atoms with Gasteiger partial charge in [-0.05, 0) is 31.2 Å². The highest BCUT2D eigenvalue weighted by atomic mass is 35.5. The number of hydrogen-bond acceptors (Lipinski definition) is 4. The van der Waals surface area contributed by atoms with Crippen molar-refractivity contribution in [1.29, 1.82) is 0 Å². The number of benzene rings is 1. The average molecular weight is 338 g/mol. The predicted octanol–water partition coefficient (Wildman–Crippen LogP) is 3.15. The molecule has 0 unspecified atom stereocenters. The Hall–Kier alpha value is -2.67. The molecule has 0 aliphatic rings. The van der Waals surface area contributed by atoms with Gasteiger partial charge in [0.15, 0.2) is 0 Å². The fourth-order valence-corrected chi connectivity index (χ4v) is 2.06. The number of ether oxygens (including phenoxy) is 1. The number of pyridine rings is 1. The normalized spacial score (nSPS) is 10.1. The fourth-order valence-electron chi connectivity index (χ4n) is 1.87. The van der Waals surface area contributed by atoms with Gasteiger partial charge in [-0.25, -0.2) is 9.18 Å². The SMILES string of the molecule is COc1cc(Cl)cc(F)c1C(=O)NC(=O)Nc1cccnc1C. The molecule has 0 spiro atoms. The van der Waals surface area contributed by atoms with Gasteiger partial charge in [0.05, 0.1) is 18.5 Å². The topological polar surface area (TPSA) is 80.3 Å². The molecule has 6 nitrogen and oxygen atoms in total. The minimum atomic E-state index is -0.949. The second-order valence-corrected chi connectivity index (χ2v) is 4.95. The second-order valence-electron chi connectivity index (χ2n) is 4.51. The van der Waals surface area contributed by atoms with Crippen molar-refractivity contribution >= 4 is 29.2 Å². The number of aryl methyl sites for hydroxylation is 1. The summed E-state index contributed by atoms with van der Waals surface area (Å²) in [6, 6.07) is 4.68. The summed E-state index contributed by atoms with van der Waals surface area (Å²) in [7, 11) is 1.26. The van der Waals surface area contributed by atoms with Crippen molar-refractivity contribution in [2.45, 2.75) is 6.92 Å². The third-order valence-electron chi connectivity index (χ3n) is 2.95. The molecule has 0 atom stereocenters. The summed E-state index contributed by atoms with van der Waals surface area (Å²) in [4.78, 5) is 28.0. The predicted molar refractivity (Wildman–Crippen MR) is 83.4 cm³/mol. The summed E-state index contributed by atoms with van der Waals surface area (Å²) in [6.07, 6.45) is 1.57. The lowest BCUT2D eigenvalue weighted by atomic mass is 10.1. The molecule has 0 aliphatic carbocycles. The molecular weight excluding hydrogens is 325 g/mol. The average Bonchev–Trinajstić information content (AvgIpc) is 2.48. The van der Waals surface area contributed by atoms with E-state index in [1.54, 1.807) is 25.3 Å². The molecule has 0 aliphatic heterocycles. The molecule has 2 aromatic rings. The minimum Gasteiger partial charge on any atom is -0.496 e. The first-order valence-corrected chi connectivity index (χ1v) is 6.87. The first-order valence-electron chi connectivity index (χ1n) is 6.49. The highest BCUT2D eigenvalue weighted by Gasteiger charge is 2.21. The van der Waals surface area contributed by atoms with Crippen LogP contribution in [0, 0.1) is 12.7 Å². The van der Waals surface area contributed by atoms with Crippen LogP contribution >= 0.6 is 11.6 Å². The number of aromatic nitrogens is 1. The highest BCUT2D eigenvalue weighted by Crippen LogP contribution is 2.26. The molecular formula is C15H13ClFN3O3. The van der Waals surface area contributed by atoms with Gasteiger partial charge in [-0.3, -0.25) is 15.1 Å². The highest BCUT2D eigenvalue weighted by molar-refractivity contribution is 6.31. The molecule has 120 valence electrons. The molecule has 1 heterocycles. The molecule has 0 radical (unpaired) electrons. The number of hydrogen-bond donors (Lipinski definition) is 2. The van der Waals surface area contributed by atoms with E-state index in [9.17, 15) is 14.0 Å². The van der Waals surface area contributed by atoms with Gasteiger partial charge in [-0.1, -0.05) is 11.6 Å². The summed E-state index contributed by atoms with van der Waals surface area (Å²) < 4.78 is 18.8. The number of imide groups is 1. The first-order chi connectivity index (χ1) is 10.9. The number of anilines is 1. The van der Waals surface area contributed by atoms with Crippen LogP contribution in [0.3, 0.4) is 0 Å². The summed E-state index contributed by atoms with van der Waals surface area (Å²) in [5, 5.41) is 4.56. The number of halogens is 2. The van der Waals surface area contributed by atoms with E-state index in [0.29, 0.717) is 11.4 Å². The van der Waals surface area contributed by atoms with Crippen LogP contribution in [0.5, 0.6) is 5.75 Å². The third-order valence-corrected chi connectivity index (χ3v) is 3.17. The molecule has 8 heteroatoms. The van der Waals surface area contributed by atoms with Crippen LogP contribution in [0.2, 0.25) is 5.02 Å². The van der Waals surface area contributed by atoms with E-state index in [4.69, 9.17) is 16.3 Å². The van der Waals surface area contributed by atoms with E-state index in [1.807, 2.05) is 5.32 Å². The number of urea groups is 1. The fraction of sp³-hybridized carbons (Fsp3) is 0.133. The Bertz CT molecular complexity index is 768. The molecule has 23 heavy (non-hydrogen) atoms. The van der Waals surface area contributed by atoms with Gasteiger partial charge in [0, 0.05) is 11.2 Å². The molecule has 0 saturated heterocycles. The third kappa shape index (κ3) is 3.95. The zero-order valence-electron chi connectivity index (χ0n) is 12.3. The van der Waals surface area contributed by atoms with Crippen molar-refractivity contribution in [3.63, 3.8) is 0 Å². The zero-order valence-corrected chi connectivity index (χ0v) is 13.1. The summed E-state index contributed by atoms with van der Waals surface area (Å²) in [6.45, 7) is 1.69. The van der Waals surface area contributed by atoms with E-state index in [1.165, 1.54) is 13.2 Å². The number of amides is 3. The van der Waals surface area contributed by atoms with Crippen molar-refractivity contribution in [2.24, 2.45) is 0 Å². The van der Waals surface area contributed by atoms with E-state index in [2.05, 4.69) is 10.3 Å². The maximum absolute atomic E-state index is 13.9. The van der Waals surface area contributed by atoms with Gasteiger partial charge >= 0.3 is 6.03 Å². The largest absolute Gasteiger partial charge is 0.496 e. The van der Waals surface area contributed by atoms with Crippen LogP contribution in [-0.4, -0.2) is 24.0 Å². The smallest absolute Gasteiger partial charge is 0.326 e. The molecule has 0 fully saturated rings. The molecule has 0 bridgehead atoms. The summed E-state index contributed by atoms with van der Waals surface area (Å²) in [5.41, 5.74) is 0.599. The second kappa shape index (κ2) is 7.06. The van der Waals surface area contributed by atoms with Crippen LogP contribution in [0.15, 0.2) is 30.5 Å². The lowest BCUT2D eigenvalue weighted by molar-refractivity contribution is 0.0960. The Morgan fingerprint density at radius 3 is 2.74 bits per heavy atom. The number of nitrogens with one attached hydrogen (secondary N) is 2. The van der Waals surface area contributed by atoms with Gasteiger partial charge in [0.1, 0.15) is 17.1 Å². The monoisotopic (exact) mass is 337 g/mol.